The Balaban J connectivity index is 2.34. The number of hydrogen-bond acceptors (Lipinski definition) is 4. The summed E-state index contributed by atoms with van der Waals surface area (Å²) in [4.78, 5) is 8.30. The molecule has 1 aromatic heterocycles. The van der Waals surface area contributed by atoms with Gasteiger partial charge in [-0.1, -0.05) is 11.6 Å². The first-order valence-electron chi connectivity index (χ1n) is 4.76. The second kappa shape index (κ2) is 4.37. The fraction of sp³-hybridized carbons (Fsp3) is 0.0909. The van der Waals surface area contributed by atoms with E-state index in [1.165, 1.54) is 0 Å². The molecule has 1 aromatic carbocycles. The van der Waals surface area contributed by atoms with Crippen molar-refractivity contribution in [1.29, 1.82) is 0 Å². The lowest BCUT2D eigenvalue weighted by Crippen LogP contribution is -1.99. The summed E-state index contributed by atoms with van der Waals surface area (Å²) >= 11 is 6.03. The molecule has 5 heteroatoms. The standard InChI is InChI=1S/C11H11ClN4/c1-7-11(15-5-4-14-7)16-10-6-8(13)2-3-9(10)12/h2-6H,13H2,1H3,(H,15,16). The molecular weight excluding hydrogens is 224 g/mol. The fourth-order valence-corrected chi connectivity index (χ4v) is 1.46. The molecule has 16 heavy (non-hydrogen) atoms. The Morgan fingerprint density at radius 3 is 2.75 bits per heavy atom. The molecule has 82 valence electrons. The van der Waals surface area contributed by atoms with Crippen LogP contribution in [0.1, 0.15) is 5.69 Å². The summed E-state index contributed by atoms with van der Waals surface area (Å²) in [6.45, 7) is 1.87. The summed E-state index contributed by atoms with van der Waals surface area (Å²) in [5.74, 6) is 0.676. The molecule has 0 saturated carbocycles. The van der Waals surface area contributed by atoms with Crippen LogP contribution >= 0.6 is 11.6 Å². The molecule has 4 nitrogen and oxygen atoms in total. The van der Waals surface area contributed by atoms with Crippen molar-refractivity contribution >= 4 is 28.8 Å². The Labute approximate surface area is 98.5 Å². The van der Waals surface area contributed by atoms with E-state index in [1.807, 2.05) is 6.92 Å². The van der Waals surface area contributed by atoms with Crippen LogP contribution in [-0.2, 0) is 0 Å². The van der Waals surface area contributed by atoms with E-state index in [0.717, 1.165) is 11.4 Å². The highest BCUT2D eigenvalue weighted by molar-refractivity contribution is 6.33. The number of aryl methyl sites for hydroxylation is 1. The van der Waals surface area contributed by atoms with Crippen LogP contribution in [0, 0.1) is 6.92 Å². The molecule has 0 radical (unpaired) electrons. The number of anilines is 3. The van der Waals surface area contributed by atoms with Gasteiger partial charge in [0.25, 0.3) is 0 Å². The van der Waals surface area contributed by atoms with Crippen LogP contribution in [0.2, 0.25) is 5.02 Å². The molecule has 0 bridgehead atoms. The van der Waals surface area contributed by atoms with Crippen molar-refractivity contribution in [3.63, 3.8) is 0 Å². The highest BCUT2D eigenvalue weighted by atomic mass is 35.5. The Morgan fingerprint density at radius 1 is 1.25 bits per heavy atom. The lowest BCUT2D eigenvalue weighted by Gasteiger charge is -2.09. The normalized spacial score (nSPS) is 10.1. The molecule has 0 amide bonds. The maximum atomic E-state index is 6.03. The largest absolute Gasteiger partial charge is 0.399 e. The average Bonchev–Trinajstić information content (AvgIpc) is 2.27. The number of benzene rings is 1. The van der Waals surface area contributed by atoms with Gasteiger partial charge >= 0.3 is 0 Å². The van der Waals surface area contributed by atoms with Crippen LogP contribution in [0.4, 0.5) is 17.2 Å². The second-order valence-electron chi connectivity index (χ2n) is 3.35. The van der Waals surface area contributed by atoms with Crippen LogP contribution in [0.5, 0.6) is 0 Å². The zero-order valence-electron chi connectivity index (χ0n) is 8.74. The van der Waals surface area contributed by atoms with Crippen molar-refractivity contribution in [2.24, 2.45) is 0 Å². The Bertz CT molecular complexity index is 513. The highest BCUT2D eigenvalue weighted by Gasteiger charge is 2.04. The number of halogens is 1. The maximum Gasteiger partial charge on any atom is 0.151 e. The molecule has 0 aliphatic heterocycles. The topological polar surface area (TPSA) is 63.8 Å². The number of nitrogen functional groups attached to an aromatic ring is 1. The van der Waals surface area contributed by atoms with E-state index in [2.05, 4.69) is 15.3 Å². The molecular formula is C11H11ClN4. The minimum absolute atomic E-state index is 0.597. The summed E-state index contributed by atoms with van der Waals surface area (Å²) in [5, 5.41) is 3.69. The van der Waals surface area contributed by atoms with Gasteiger partial charge in [-0.3, -0.25) is 4.98 Å². The fourth-order valence-electron chi connectivity index (χ4n) is 1.30. The van der Waals surface area contributed by atoms with Gasteiger partial charge in [0.15, 0.2) is 5.82 Å². The van der Waals surface area contributed by atoms with Crippen LogP contribution < -0.4 is 11.1 Å². The number of hydrogen-bond donors (Lipinski definition) is 2. The molecule has 3 N–H and O–H groups in total. The van der Waals surface area contributed by atoms with Gasteiger partial charge in [0, 0.05) is 18.1 Å². The van der Waals surface area contributed by atoms with Crippen molar-refractivity contribution in [2.75, 3.05) is 11.1 Å². The highest BCUT2D eigenvalue weighted by Crippen LogP contribution is 2.27. The molecule has 0 fully saturated rings. The number of nitrogens with two attached hydrogens (primary N) is 1. The Kier molecular flexibility index (Phi) is 2.92. The first kappa shape index (κ1) is 10.7. The molecule has 0 spiro atoms. The quantitative estimate of drug-likeness (QED) is 0.785. The first-order chi connectivity index (χ1) is 7.66. The van der Waals surface area contributed by atoms with Gasteiger partial charge in [0.05, 0.1) is 16.4 Å². The lowest BCUT2D eigenvalue weighted by molar-refractivity contribution is 1.12. The lowest BCUT2D eigenvalue weighted by atomic mass is 10.2. The molecule has 2 aromatic rings. The van der Waals surface area contributed by atoms with Crippen LogP contribution in [0.15, 0.2) is 30.6 Å². The SMILES string of the molecule is Cc1nccnc1Nc1cc(N)ccc1Cl. The smallest absolute Gasteiger partial charge is 0.151 e. The minimum Gasteiger partial charge on any atom is -0.399 e. The third kappa shape index (κ3) is 2.23. The predicted octanol–water partition coefficient (Wildman–Crippen LogP) is 2.76. The van der Waals surface area contributed by atoms with Crippen molar-refractivity contribution in [3.8, 4) is 0 Å². The summed E-state index contributed by atoms with van der Waals surface area (Å²) in [6.07, 6.45) is 3.26. The third-order valence-electron chi connectivity index (χ3n) is 2.12. The van der Waals surface area contributed by atoms with Gasteiger partial charge in [0.1, 0.15) is 0 Å². The monoisotopic (exact) mass is 234 g/mol. The molecule has 1 heterocycles. The molecule has 0 atom stereocenters. The van der Waals surface area contributed by atoms with E-state index < -0.39 is 0 Å². The summed E-state index contributed by atoms with van der Waals surface area (Å²) in [7, 11) is 0. The summed E-state index contributed by atoms with van der Waals surface area (Å²) in [5.41, 5.74) is 7.86. The average molecular weight is 235 g/mol. The van der Waals surface area contributed by atoms with Crippen LogP contribution in [-0.4, -0.2) is 9.97 Å². The third-order valence-corrected chi connectivity index (χ3v) is 2.45. The van der Waals surface area contributed by atoms with E-state index in [-0.39, 0.29) is 0 Å². The van der Waals surface area contributed by atoms with Gasteiger partial charge in [-0.25, -0.2) is 4.98 Å². The van der Waals surface area contributed by atoms with Gasteiger partial charge in [-0.15, -0.1) is 0 Å². The molecule has 0 aliphatic rings. The van der Waals surface area contributed by atoms with E-state index >= 15 is 0 Å². The first-order valence-corrected chi connectivity index (χ1v) is 5.14. The number of nitrogens with zero attached hydrogens (tertiary/aromatic N) is 2. The van der Waals surface area contributed by atoms with E-state index in [0.29, 0.717) is 16.5 Å². The zero-order valence-corrected chi connectivity index (χ0v) is 9.49. The minimum atomic E-state index is 0.597. The van der Waals surface area contributed by atoms with E-state index in [9.17, 15) is 0 Å². The number of rotatable bonds is 2. The van der Waals surface area contributed by atoms with Crippen molar-refractivity contribution in [1.82, 2.24) is 9.97 Å². The van der Waals surface area contributed by atoms with E-state index in [4.69, 9.17) is 17.3 Å². The summed E-state index contributed by atoms with van der Waals surface area (Å²) < 4.78 is 0. The predicted molar refractivity (Wildman–Crippen MR) is 65.9 cm³/mol. The molecule has 0 aliphatic carbocycles. The number of aromatic nitrogens is 2. The van der Waals surface area contributed by atoms with Gasteiger partial charge in [-0.05, 0) is 25.1 Å². The van der Waals surface area contributed by atoms with Crippen molar-refractivity contribution in [2.45, 2.75) is 6.92 Å². The Hall–Kier alpha value is -1.81. The van der Waals surface area contributed by atoms with Crippen LogP contribution in [0.25, 0.3) is 0 Å². The second-order valence-corrected chi connectivity index (χ2v) is 3.76. The van der Waals surface area contributed by atoms with Crippen molar-refractivity contribution < 1.29 is 0 Å². The molecule has 0 unspecified atom stereocenters. The van der Waals surface area contributed by atoms with Gasteiger partial charge in [0.2, 0.25) is 0 Å². The van der Waals surface area contributed by atoms with Gasteiger partial charge < -0.3 is 11.1 Å². The molecule has 0 saturated heterocycles. The van der Waals surface area contributed by atoms with Gasteiger partial charge in [-0.2, -0.15) is 0 Å². The van der Waals surface area contributed by atoms with Crippen LogP contribution in [0.3, 0.4) is 0 Å². The Morgan fingerprint density at radius 2 is 2.00 bits per heavy atom. The zero-order chi connectivity index (χ0) is 11.5. The number of nitrogens with one attached hydrogen (secondary N) is 1. The summed E-state index contributed by atoms with van der Waals surface area (Å²) in [6, 6.07) is 5.25. The van der Waals surface area contributed by atoms with Crippen molar-refractivity contribution in [3.05, 3.63) is 41.3 Å². The van der Waals surface area contributed by atoms with E-state index in [1.54, 1.807) is 30.6 Å². The maximum absolute atomic E-state index is 6.03. The molecule has 2 rings (SSSR count).